The van der Waals surface area contributed by atoms with E-state index in [1.54, 1.807) is 17.0 Å². The molecule has 1 atom stereocenters. The maximum absolute atomic E-state index is 13.0. The number of nitrogens with zero attached hydrogens (tertiary/aromatic N) is 3. The molecule has 2 heterocycles. The second-order valence-electron chi connectivity index (χ2n) is 7.08. The summed E-state index contributed by atoms with van der Waals surface area (Å²) >= 11 is 0. The maximum Gasteiger partial charge on any atom is 0.232 e. The number of amides is 1. The molecule has 0 N–H and O–H groups in total. The normalized spacial score (nSPS) is 16.9. The molecule has 0 radical (unpaired) electrons. The fourth-order valence-electron chi connectivity index (χ4n) is 3.48. The zero-order valence-electron chi connectivity index (χ0n) is 15.3. The number of carbonyl (C=O) groups excluding carboxylic acids is 1. The lowest BCUT2D eigenvalue weighted by Crippen LogP contribution is -2.24. The molecular formula is C21H20FN3O2. The Bertz CT molecular complexity index is 981. The molecule has 1 aromatic heterocycles. The minimum absolute atomic E-state index is 0.0376. The summed E-state index contributed by atoms with van der Waals surface area (Å²) in [6, 6.07) is 12.3. The molecule has 27 heavy (non-hydrogen) atoms. The van der Waals surface area contributed by atoms with Gasteiger partial charge in [0.2, 0.25) is 17.6 Å². The molecule has 3 aromatic rings. The van der Waals surface area contributed by atoms with E-state index in [0.29, 0.717) is 31.2 Å². The van der Waals surface area contributed by atoms with Gasteiger partial charge < -0.3 is 9.42 Å². The maximum atomic E-state index is 13.0. The Kier molecular flexibility index (Phi) is 4.48. The molecule has 1 fully saturated rings. The Balaban J connectivity index is 1.49. The van der Waals surface area contributed by atoms with Crippen molar-refractivity contribution in [3.63, 3.8) is 0 Å². The molecule has 1 aliphatic rings. The number of benzene rings is 2. The molecule has 0 aliphatic carbocycles. The first-order chi connectivity index (χ1) is 13.0. The van der Waals surface area contributed by atoms with Gasteiger partial charge >= 0.3 is 0 Å². The highest BCUT2D eigenvalue weighted by Gasteiger charge is 2.34. The van der Waals surface area contributed by atoms with Gasteiger partial charge in [-0.15, -0.1) is 0 Å². The van der Waals surface area contributed by atoms with E-state index in [1.807, 2.05) is 26.0 Å². The van der Waals surface area contributed by atoms with Gasteiger partial charge in [0.25, 0.3) is 0 Å². The van der Waals surface area contributed by atoms with E-state index < -0.39 is 0 Å². The quantitative estimate of drug-likeness (QED) is 0.701. The largest absolute Gasteiger partial charge is 0.339 e. The van der Waals surface area contributed by atoms with Gasteiger partial charge in [-0.1, -0.05) is 41.1 Å². The Labute approximate surface area is 156 Å². The molecule has 138 valence electrons. The lowest BCUT2D eigenvalue weighted by Gasteiger charge is -2.15. The third-order valence-electron chi connectivity index (χ3n) is 4.91. The molecule has 1 amide bonds. The van der Waals surface area contributed by atoms with Gasteiger partial charge in [0.15, 0.2) is 0 Å². The molecule has 0 spiro atoms. The number of likely N-dealkylation sites (tertiary alicyclic amines) is 1. The SMILES string of the molecule is Cc1ccc(-c2noc(C3CC(=O)N(Cc4ccc(F)cc4)C3)n2)c(C)c1. The number of hydrogen-bond acceptors (Lipinski definition) is 4. The van der Waals surface area contributed by atoms with Gasteiger partial charge in [0.1, 0.15) is 5.82 Å². The van der Waals surface area contributed by atoms with Gasteiger partial charge in [-0.3, -0.25) is 4.79 Å². The van der Waals surface area contributed by atoms with Gasteiger partial charge in [-0.25, -0.2) is 4.39 Å². The first-order valence-corrected chi connectivity index (χ1v) is 8.93. The predicted octanol–water partition coefficient (Wildman–Crippen LogP) is 4.01. The Morgan fingerprint density at radius 3 is 2.70 bits per heavy atom. The van der Waals surface area contributed by atoms with Crippen LogP contribution in [0.2, 0.25) is 0 Å². The van der Waals surface area contributed by atoms with Gasteiger partial charge in [-0.2, -0.15) is 4.98 Å². The van der Waals surface area contributed by atoms with Crippen LogP contribution in [0.4, 0.5) is 4.39 Å². The van der Waals surface area contributed by atoms with Crippen molar-refractivity contribution in [1.82, 2.24) is 15.0 Å². The van der Waals surface area contributed by atoms with Gasteiger partial charge in [0, 0.05) is 25.1 Å². The zero-order chi connectivity index (χ0) is 19.0. The highest BCUT2D eigenvalue weighted by Crippen LogP contribution is 2.30. The summed E-state index contributed by atoms with van der Waals surface area (Å²) in [5, 5.41) is 4.11. The summed E-state index contributed by atoms with van der Waals surface area (Å²) in [6.45, 7) is 5.03. The first kappa shape index (κ1) is 17.4. The second-order valence-corrected chi connectivity index (χ2v) is 7.08. The minimum atomic E-state index is -0.283. The number of aryl methyl sites for hydroxylation is 2. The summed E-state index contributed by atoms with van der Waals surface area (Å²) in [5.41, 5.74) is 4.09. The van der Waals surface area contributed by atoms with Crippen LogP contribution in [0.25, 0.3) is 11.4 Å². The number of rotatable bonds is 4. The van der Waals surface area contributed by atoms with Crippen molar-refractivity contribution in [3.8, 4) is 11.4 Å². The van der Waals surface area contributed by atoms with Crippen LogP contribution in [0.15, 0.2) is 47.0 Å². The van der Waals surface area contributed by atoms with Crippen molar-refractivity contribution < 1.29 is 13.7 Å². The smallest absolute Gasteiger partial charge is 0.232 e. The van der Waals surface area contributed by atoms with Crippen molar-refractivity contribution in [2.45, 2.75) is 32.7 Å². The van der Waals surface area contributed by atoms with Crippen LogP contribution in [-0.4, -0.2) is 27.5 Å². The standard InChI is InChI=1S/C21H20FN3O2/c1-13-3-8-18(14(2)9-13)20-23-21(27-24-20)16-10-19(26)25(12-16)11-15-4-6-17(22)7-5-15/h3-9,16H,10-12H2,1-2H3. The van der Waals surface area contributed by atoms with Crippen LogP contribution < -0.4 is 0 Å². The monoisotopic (exact) mass is 365 g/mol. The first-order valence-electron chi connectivity index (χ1n) is 8.93. The van der Waals surface area contributed by atoms with Gasteiger partial charge in [-0.05, 0) is 37.1 Å². The van der Waals surface area contributed by atoms with Crippen LogP contribution in [0.1, 0.15) is 34.9 Å². The number of halogens is 1. The molecule has 0 bridgehead atoms. The third kappa shape index (κ3) is 3.60. The molecule has 4 rings (SSSR count). The average molecular weight is 365 g/mol. The molecular weight excluding hydrogens is 345 g/mol. The lowest BCUT2D eigenvalue weighted by molar-refractivity contribution is -0.128. The van der Waals surface area contributed by atoms with E-state index in [1.165, 1.54) is 17.7 Å². The van der Waals surface area contributed by atoms with E-state index in [9.17, 15) is 9.18 Å². The van der Waals surface area contributed by atoms with Gasteiger partial charge in [0.05, 0.1) is 5.92 Å². The second kappa shape index (κ2) is 6.95. The summed E-state index contributed by atoms with van der Waals surface area (Å²) in [4.78, 5) is 18.6. The molecule has 1 unspecified atom stereocenters. The Morgan fingerprint density at radius 1 is 1.19 bits per heavy atom. The Morgan fingerprint density at radius 2 is 1.96 bits per heavy atom. The van der Waals surface area contributed by atoms with Crippen LogP contribution >= 0.6 is 0 Å². The van der Waals surface area contributed by atoms with Crippen LogP contribution in [0.5, 0.6) is 0 Å². The van der Waals surface area contributed by atoms with Crippen LogP contribution in [0, 0.1) is 19.7 Å². The van der Waals surface area contributed by atoms with Crippen molar-refractivity contribution in [1.29, 1.82) is 0 Å². The summed E-state index contributed by atoms with van der Waals surface area (Å²) in [6.07, 6.45) is 0.343. The number of hydrogen-bond donors (Lipinski definition) is 0. The highest BCUT2D eigenvalue weighted by molar-refractivity contribution is 5.79. The number of carbonyl (C=O) groups is 1. The average Bonchev–Trinajstić information content (AvgIpc) is 3.24. The molecule has 1 aliphatic heterocycles. The van der Waals surface area contributed by atoms with Crippen molar-refractivity contribution in [2.24, 2.45) is 0 Å². The van der Waals surface area contributed by atoms with E-state index in [4.69, 9.17) is 4.52 Å². The van der Waals surface area contributed by atoms with E-state index in [0.717, 1.165) is 16.7 Å². The van der Waals surface area contributed by atoms with Crippen molar-refractivity contribution in [3.05, 3.63) is 70.9 Å². The zero-order valence-corrected chi connectivity index (χ0v) is 15.3. The molecule has 0 saturated carbocycles. The molecule has 2 aromatic carbocycles. The lowest BCUT2D eigenvalue weighted by atomic mass is 10.1. The number of aromatic nitrogens is 2. The Hall–Kier alpha value is -3.02. The predicted molar refractivity (Wildman–Crippen MR) is 98.4 cm³/mol. The topological polar surface area (TPSA) is 59.2 Å². The van der Waals surface area contributed by atoms with Crippen molar-refractivity contribution >= 4 is 5.91 Å². The molecule has 5 nitrogen and oxygen atoms in total. The molecule has 1 saturated heterocycles. The van der Waals surface area contributed by atoms with Crippen molar-refractivity contribution in [2.75, 3.05) is 6.54 Å². The van der Waals surface area contributed by atoms with E-state index in [2.05, 4.69) is 16.2 Å². The summed E-state index contributed by atoms with van der Waals surface area (Å²) in [7, 11) is 0. The third-order valence-corrected chi connectivity index (χ3v) is 4.91. The minimum Gasteiger partial charge on any atom is -0.339 e. The highest BCUT2D eigenvalue weighted by atomic mass is 19.1. The fraction of sp³-hybridized carbons (Fsp3) is 0.286. The fourth-order valence-corrected chi connectivity index (χ4v) is 3.48. The summed E-state index contributed by atoms with van der Waals surface area (Å²) in [5.74, 6) is 0.668. The van der Waals surface area contributed by atoms with E-state index >= 15 is 0 Å². The van der Waals surface area contributed by atoms with Crippen LogP contribution in [-0.2, 0) is 11.3 Å². The van der Waals surface area contributed by atoms with E-state index in [-0.39, 0.29) is 17.6 Å². The van der Waals surface area contributed by atoms with Crippen LogP contribution in [0.3, 0.4) is 0 Å². The summed E-state index contributed by atoms with van der Waals surface area (Å²) < 4.78 is 18.5. The molecule has 6 heteroatoms.